The van der Waals surface area contributed by atoms with Crippen LogP contribution in [0.2, 0.25) is 0 Å². The van der Waals surface area contributed by atoms with Crippen LogP contribution >= 0.6 is 0 Å². The number of esters is 2. The summed E-state index contributed by atoms with van der Waals surface area (Å²) in [6.45, 7) is 10.3. The average Bonchev–Trinajstić information content (AvgIpc) is 3.09. The Bertz CT molecular complexity index is 918. The van der Waals surface area contributed by atoms with Gasteiger partial charge in [-0.05, 0) is 101 Å². The molecule has 2 atom stereocenters. The van der Waals surface area contributed by atoms with Gasteiger partial charge in [-0.15, -0.1) is 0 Å². The highest BCUT2D eigenvalue weighted by atomic mass is 16.5. The fourth-order valence-corrected chi connectivity index (χ4v) is 7.56. The van der Waals surface area contributed by atoms with E-state index in [1.165, 1.54) is 102 Å². The first-order chi connectivity index (χ1) is 24.4. The molecule has 0 radical (unpaired) electrons. The molecular formula is C45H79NO4. The van der Waals surface area contributed by atoms with Gasteiger partial charge >= 0.3 is 11.9 Å². The Kier molecular flexibility index (Phi) is 30.2. The molecule has 0 amide bonds. The largest absolute Gasteiger partial charge is 0.466 e. The van der Waals surface area contributed by atoms with Gasteiger partial charge in [0.1, 0.15) is 0 Å². The maximum atomic E-state index is 12.7. The molecule has 1 aliphatic rings. The zero-order valence-electron chi connectivity index (χ0n) is 33.4. The fraction of sp³-hybridized carbons (Fsp3) is 0.844. The van der Waals surface area contributed by atoms with Crippen molar-refractivity contribution < 1.29 is 19.1 Å². The van der Waals surface area contributed by atoms with Gasteiger partial charge in [0.25, 0.3) is 0 Å². The van der Waals surface area contributed by atoms with Gasteiger partial charge in [0, 0.05) is 12.8 Å². The van der Waals surface area contributed by atoms with Gasteiger partial charge in [-0.2, -0.15) is 0 Å². The minimum atomic E-state index is -0.0634. The van der Waals surface area contributed by atoms with Gasteiger partial charge in [0.2, 0.25) is 0 Å². The maximum Gasteiger partial charge on any atom is 0.305 e. The summed E-state index contributed by atoms with van der Waals surface area (Å²) >= 11 is 0. The standard InChI is InChI=1S/C45H79NO4/c1-6-9-19-30-41-35-38-49-44(47)33-24-16-12-14-21-27-40(29-23-18-26-37-46(4)5)28-22-15-13-17-25-34-45(48)50-39-36-42(31-20-10-7-2)43(41)32-11-8-3/h40-42H,3,6-7,9-10,12-31,33-39H2,1-2,4-5H3. The van der Waals surface area contributed by atoms with Crippen molar-refractivity contribution in [3.05, 3.63) is 29.3 Å². The van der Waals surface area contributed by atoms with E-state index in [1.807, 2.05) is 0 Å². The van der Waals surface area contributed by atoms with Crippen molar-refractivity contribution in [3.63, 3.8) is 0 Å². The van der Waals surface area contributed by atoms with Gasteiger partial charge in [0.15, 0.2) is 0 Å². The highest BCUT2D eigenvalue weighted by Crippen LogP contribution is 2.33. The first-order valence-electron chi connectivity index (χ1n) is 21.3. The molecule has 0 aliphatic carbocycles. The van der Waals surface area contributed by atoms with Crippen LogP contribution in [-0.2, 0) is 19.1 Å². The lowest BCUT2D eigenvalue weighted by Gasteiger charge is -2.26. The third-order valence-corrected chi connectivity index (χ3v) is 10.7. The molecule has 1 rings (SSSR count). The van der Waals surface area contributed by atoms with Crippen LogP contribution in [-0.4, -0.2) is 50.7 Å². The predicted octanol–water partition coefficient (Wildman–Crippen LogP) is 12.5. The van der Waals surface area contributed by atoms with Crippen LogP contribution in [0.1, 0.15) is 194 Å². The van der Waals surface area contributed by atoms with E-state index in [-0.39, 0.29) is 23.8 Å². The molecule has 0 aromatic heterocycles. The number of allylic oxidation sites excluding steroid dienone is 1. The number of unbranched alkanes of at least 4 members (excludes halogenated alkanes) is 6. The second-order valence-corrected chi connectivity index (χ2v) is 15.4. The van der Waals surface area contributed by atoms with E-state index in [2.05, 4.69) is 56.6 Å². The lowest BCUT2D eigenvalue weighted by atomic mass is 9.79. The van der Waals surface area contributed by atoms with Crippen molar-refractivity contribution in [2.24, 2.45) is 17.8 Å². The van der Waals surface area contributed by atoms with Crippen molar-refractivity contribution in [2.45, 2.75) is 194 Å². The molecule has 5 nitrogen and oxygen atoms in total. The second kappa shape index (κ2) is 32.9. The third-order valence-electron chi connectivity index (χ3n) is 10.7. The second-order valence-electron chi connectivity index (χ2n) is 15.4. The number of carbonyl (C=O) groups is 2. The highest BCUT2D eigenvalue weighted by Gasteiger charge is 2.24. The number of nitrogens with zero attached hydrogens (tertiary/aromatic N) is 1. The summed E-state index contributed by atoms with van der Waals surface area (Å²) < 4.78 is 11.6. The zero-order valence-corrected chi connectivity index (χ0v) is 33.4. The number of rotatable bonds is 14. The Morgan fingerprint density at radius 3 is 1.58 bits per heavy atom. The number of ether oxygens (including phenoxy) is 2. The van der Waals surface area contributed by atoms with Crippen molar-refractivity contribution in [3.8, 4) is 0 Å². The lowest BCUT2D eigenvalue weighted by Crippen LogP contribution is -2.19. The molecule has 2 unspecified atom stereocenters. The minimum Gasteiger partial charge on any atom is -0.466 e. The Morgan fingerprint density at radius 2 is 1.10 bits per heavy atom. The van der Waals surface area contributed by atoms with Crippen molar-refractivity contribution in [2.75, 3.05) is 33.9 Å². The Balaban J connectivity index is 2.92. The van der Waals surface area contributed by atoms with Crippen molar-refractivity contribution >= 4 is 11.9 Å². The molecule has 288 valence electrons. The Labute approximate surface area is 309 Å². The summed E-state index contributed by atoms with van der Waals surface area (Å²) in [4.78, 5) is 27.8. The van der Waals surface area contributed by atoms with E-state index in [4.69, 9.17) is 9.47 Å². The summed E-state index contributed by atoms with van der Waals surface area (Å²) in [5.74, 6) is 1.21. The van der Waals surface area contributed by atoms with Crippen LogP contribution < -0.4 is 0 Å². The molecule has 1 aliphatic heterocycles. The molecule has 0 bridgehead atoms. The summed E-state index contributed by atoms with van der Waals surface area (Å²) in [5, 5.41) is 0. The SMILES string of the molecule is C=C=C=C=C1C(CCCCC)CCOC(=O)CCCCCCCC(CCCCCN(C)C)CCCCCCCC(=O)OCCC1CCCCC. The molecule has 0 aromatic rings. The molecule has 50 heavy (non-hydrogen) atoms. The van der Waals surface area contributed by atoms with Crippen molar-refractivity contribution in [1.29, 1.82) is 0 Å². The summed E-state index contributed by atoms with van der Waals surface area (Å²) in [7, 11) is 4.33. The van der Waals surface area contributed by atoms with Gasteiger partial charge < -0.3 is 14.4 Å². The normalized spacial score (nSPS) is 22.2. The average molecular weight is 698 g/mol. The summed E-state index contributed by atoms with van der Waals surface area (Å²) in [6, 6.07) is 0. The van der Waals surface area contributed by atoms with Gasteiger partial charge in [-0.1, -0.05) is 147 Å². The molecule has 0 N–H and O–H groups in total. The van der Waals surface area contributed by atoms with Crippen LogP contribution in [0.25, 0.3) is 0 Å². The van der Waals surface area contributed by atoms with E-state index in [0.717, 1.165) is 83.0 Å². The van der Waals surface area contributed by atoms with E-state index < -0.39 is 0 Å². The molecular weight excluding hydrogens is 618 g/mol. The predicted molar refractivity (Wildman–Crippen MR) is 211 cm³/mol. The number of hydrogen-bond acceptors (Lipinski definition) is 5. The monoisotopic (exact) mass is 698 g/mol. The van der Waals surface area contributed by atoms with Crippen molar-refractivity contribution in [1.82, 2.24) is 4.90 Å². The van der Waals surface area contributed by atoms with Crippen LogP contribution in [0.15, 0.2) is 29.3 Å². The Hall–Kier alpha value is -2.02. The summed E-state index contributed by atoms with van der Waals surface area (Å²) in [5.41, 5.74) is 10.5. The van der Waals surface area contributed by atoms with Gasteiger partial charge in [-0.3, -0.25) is 9.59 Å². The fourth-order valence-electron chi connectivity index (χ4n) is 7.56. The van der Waals surface area contributed by atoms with Crippen LogP contribution in [0, 0.1) is 17.8 Å². The molecule has 0 saturated carbocycles. The number of hydrogen-bond donors (Lipinski definition) is 0. The van der Waals surface area contributed by atoms with Gasteiger partial charge in [-0.25, -0.2) is 0 Å². The molecule has 1 fully saturated rings. The van der Waals surface area contributed by atoms with Crippen LogP contribution in [0.4, 0.5) is 0 Å². The first kappa shape index (κ1) is 46.0. The molecule has 0 spiro atoms. The van der Waals surface area contributed by atoms with E-state index in [0.29, 0.717) is 26.1 Å². The quantitative estimate of drug-likeness (QED) is 0.103. The smallest absolute Gasteiger partial charge is 0.305 e. The van der Waals surface area contributed by atoms with Crippen LogP contribution in [0.5, 0.6) is 0 Å². The molecule has 1 heterocycles. The lowest BCUT2D eigenvalue weighted by molar-refractivity contribution is -0.144. The topological polar surface area (TPSA) is 55.8 Å². The number of carbonyl (C=O) groups excluding carboxylic acids is 2. The molecule has 5 heteroatoms. The number of cyclic esters (lactones) is 2. The van der Waals surface area contributed by atoms with E-state index >= 15 is 0 Å². The highest BCUT2D eigenvalue weighted by molar-refractivity contribution is 5.69. The molecule has 0 aromatic carbocycles. The molecule has 1 saturated heterocycles. The Morgan fingerprint density at radius 1 is 0.620 bits per heavy atom. The zero-order chi connectivity index (χ0) is 36.5. The van der Waals surface area contributed by atoms with Gasteiger partial charge in [0.05, 0.1) is 13.2 Å². The van der Waals surface area contributed by atoms with Crippen LogP contribution in [0.3, 0.4) is 0 Å². The van der Waals surface area contributed by atoms with E-state index in [1.54, 1.807) is 0 Å². The maximum absolute atomic E-state index is 12.7. The summed E-state index contributed by atoms with van der Waals surface area (Å²) in [6.07, 6.45) is 31.3. The third kappa shape index (κ3) is 25.9. The van der Waals surface area contributed by atoms with E-state index in [9.17, 15) is 9.59 Å². The first-order valence-corrected chi connectivity index (χ1v) is 21.3. The minimum absolute atomic E-state index is 0.0634.